The number of benzene rings is 3. The van der Waals surface area contributed by atoms with E-state index in [1.165, 1.54) is 41.3 Å². The fraction of sp³-hybridized carbons (Fsp3) is 0.0870. The molecule has 0 aliphatic carbocycles. The predicted octanol–water partition coefficient (Wildman–Crippen LogP) is 6.75. The first-order chi connectivity index (χ1) is 16.9. The second-order valence-electron chi connectivity index (χ2n) is 7.11. The van der Waals surface area contributed by atoms with E-state index in [9.17, 15) is 14.9 Å². The Morgan fingerprint density at radius 1 is 1.09 bits per heavy atom. The molecule has 9 nitrogen and oxygen atoms in total. The number of hydrogen-bond donors (Lipinski definition) is 2. The number of nitro benzene ring substituents is 1. The summed E-state index contributed by atoms with van der Waals surface area (Å²) >= 11 is 8.60. The molecule has 0 fully saturated rings. The third kappa shape index (κ3) is 6.69. The van der Waals surface area contributed by atoms with Crippen molar-refractivity contribution in [2.45, 2.75) is 16.5 Å². The number of ether oxygens (including phenoxy) is 1. The van der Waals surface area contributed by atoms with Crippen LogP contribution in [0.25, 0.3) is 0 Å². The Hall–Kier alpha value is -3.67. The van der Waals surface area contributed by atoms with Gasteiger partial charge in [0.2, 0.25) is 11.0 Å². The highest BCUT2D eigenvalue weighted by Gasteiger charge is 2.19. The highest BCUT2D eigenvalue weighted by molar-refractivity contribution is 8.02. The first-order valence-corrected chi connectivity index (χ1v) is 12.3. The molecule has 4 aromatic rings. The lowest BCUT2D eigenvalue weighted by Crippen LogP contribution is -2.22. The Morgan fingerprint density at radius 3 is 2.49 bits per heavy atom. The number of non-ortho nitro benzene ring substituents is 1. The van der Waals surface area contributed by atoms with Crippen LogP contribution in [0.3, 0.4) is 0 Å². The minimum Gasteiger partial charge on any atom is -0.457 e. The largest absolute Gasteiger partial charge is 0.457 e. The van der Waals surface area contributed by atoms with Crippen LogP contribution < -0.4 is 15.4 Å². The molecule has 1 atom stereocenters. The number of rotatable bonds is 9. The van der Waals surface area contributed by atoms with E-state index in [1.54, 1.807) is 6.92 Å². The summed E-state index contributed by atoms with van der Waals surface area (Å²) in [5.41, 5.74) is 0.966. The lowest BCUT2D eigenvalue weighted by atomic mass is 10.2. The van der Waals surface area contributed by atoms with Gasteiger partial charge >= 0.3 is 0 Å². The van der Waals surface area contributed by atoms with Gasteiger partial charge in [0.05, 0.1) is 20.9 Å². The molecule has 0 radical (unpaired) electrons. The average Bonchev–Trinajstić information content (AvgIpc) is 3.28. The molecule has 0 spiro atoms. The number of carbonyl (C=O) groups excluding carboxylic acids is 1. The lowest BCUT2D eigenvalue weighted by Gasteiger charge is -2.11. The van der Waals surface area contributed by atoms with E-state index in [0.29, 0.717) is 20.9 Å². The second-order valence-corrected chi connectivity index (χ2v) is 10.1. The standard InChI is InChI=1S/C23H18ClN5O4S2/c1-14(21(30)26-20-12-9-16(29(31)32)13-19(20)24)34-23-28-27-22(35-23)25-15-7-10-18(11-8-15)33-17-5-3-2-4-6-17/h2-14H,1H3,(H,25,27)(H,26,30). The molecule has 35 heavy (non-hydrogen) atoms. The Balaban J connectivity index is 1.31. The summed E-state index contributed by atoms with van der Waals surface area (Å²) in [5.74, 6) is 1.15. The molecule has 0 saturated carbocycles. The van der Waals surface area contributed by atoms with Gasteiger partial charge in [-0.1, -0.05) is 52.9 Å². The minimum atomic E-state index is -0.552. The average molecular weight is 528 g/mol. The molecule has 4 rings (SSSR count). The predicted molar refractivity (Wildman–Crippen MR) is 138 cm³/mol. The van der Waals surface area contributed by atoms with Crippen molar-refractivity contribution >= 4 is 62.8 Å². The third-order valence-electron chi connectivity index (χ3n) is 4.56. The number of anilines is 3. The minimum absolute atomic E-state index is 0.0901. The zero-order chi connectivity index (χ0) is 24.8. The summed E-state index contributed by atoms with van der Waals surface area (Å²) in [5, 5.41) is 25.1. The molecule has 12 heteroatoms. The normalized spacial score (nSPS) is 11.5. The fourth-order valence-electron chi connectivity index (χ4n) is 2.82. The molecule has 0 saturated heterocycles. The number of nitrogens with one attached hydrogen (secondary N) is 2. The maximum absolute atomic E-state index is 12.6. The Kier molecular flexibility index (Phi) is 7.80. The number of hydrogen-bond acceptors (Lipinski definition) is 9. The molecule has 2 N–H and O–H groups in total. The van der Waals surface area contributed by atoms with E-state index in [2.05, 4.69) is 20.8 Å². The van der Waals surface area contributed by atoms with E-state index in [4.69, 9.17) is 16.3 Å². The summed E-state index contributed by atoms with van der Waals surface area (Å²) in [7, 11) is 0. The molecule has 1 heterocycles. The number of halogens is 1. The van der Waals surface area contributed by atoms with Gasteiger partial charge in [0.1, 0.15) is 11.5 Å². The maximum atomic E-state index is 12.6. The van der Waals surface area contributed by atoms with Crippen LogP contribution in [0.15, 0.2) is 77.1 Å². The molecule has 0 aliphatic heterocycles. The number of nitro groups is 1. The Labute approximate surface area is 213 Å². The summed E-state index contributed by atoms with van der Waals surface area (Å²) < 4.78 is 6.39. The van der Waals surface area contributed by atoms with Crippen molar-refractivity contribution in [1.29, 1.82) is 0 Å². The highest BCUT2D eigenvalue weighted by atomic mass is 35.5. The first-order valence-electron chi connectivity index (χ1n) is 10.2. The molecule has 0 aliphatic rings. The Bertz CT molecular complexity index is 1340. The zero-order valence-corrected chi connectivity index (χ0v) is 20.6. The van der Waals surface area contributed by atoms with E-state index < -0.39 is 10.2 Å². The van der Waals surface area contributed by atoms with Crippen LogP contribution in [0, 0.1) is 10.1 Å². The van der Waals surface area contributed by atoms with Crippen molar-refractivity contribution in [2.24, 2.45) is 0 Å². The lowest BCUT2D eigenvalue weighted by molar-refractivity contribution is -0.384. The monoisotopic (exact) mass is 527 g/mol. The third-order valence-corrected chi connectivity index (χ3v) is 6.89. The number of nitrogens with zero attached hydrogens (tertiary/aromatic N) is 3. The van der Waals surface area contributed by atoms with Gasteiger partial charge in [0, 0.05) is 17.8 Å². The molecule has 178 valence electrons. The second kappa shape index (κ2) is 11.2. The molecular formula is C23H18ClN5O4S2. The van der Waals surface area contributed by atoms with Gasteiger partial charge in [-0.25, -0.2) is 0 Å². The smallest absolute Gasteiger partial charge is 0.271 e. The van der Waals surface area contributed by atoms with Crippen molar-refractivity contribution in [1.82, 2.24) is 10.2 Å². The van der Waals surface area contributed by atoms with E-state index in [1.807, 2.05) is 54.6 Å². The van der Waals surface area contributed by atoms with Gasteiger partial charge in [0.15, 0.2) is 4.34 Å². The zero-order valence-electron chi connectivity index (χ0n) is 18.2. The molecule has 1 amide bonds. The van der Waals surface area contributed by atoms with Gasteiger partial charge in [-0.3, -0.25) is 14.9 Å². The Morgan fingerprint density at radius 2 is 1.80 bits per heavy atom. The van der Waals surface area contributed by atoms with Gasteiger partial charge in [-0.15, -0.1) is 10.2 Å². The number of carbonyl (C=O) groups is 1. The van der Waals surface area contributed by atoms with E-state index in [-0.39, 0.29) is 16.6 Å². The van der Waals surface area contributed by atoms with Gasteiger partial charge < -0.3 is 15.4 Å². The van der Waals surface area contributed by atoms with Crippen LogP contribution in [0.4, 0.5) is 22.2 Å². The molecule has 0 bridgehead atoms. The summed E-state index contributed by atoms with van der Waals surface area (Å²) in [6, 6.07) is 20.8. The van der Waals surface area contributed by atoms with Crippen molar-refractivity contribution < 1.29 is 14.5 Å². The van der Waals surface area contributed by atoms with Crippen LogP contribution in [0.2, 0.25) is 5.02 Å². The quantitative estimate of drug-likeness (QED) is 0.139. The fourth-order valence-corrected chi connectivity index (χ4v) is 4.96. The SMILES string of the molecule is CC(Sc1nnc(Nc2ccc(Oc3ccccc3)cc2)s1)C(=O)Nc1ccc([N+](=O)[O-])cc1Cl. The van der Waals surface area contributed by atoms with Crippen LogP contribution in [0.5, 0.6) is 11.5 Å². The number of aromatic nitrogens is 2. The van der Waals surface area contributed by atoms with Crippen molar-refractivity contribution in [3.05, 3.63) is 87.9 Å². The van der Waals surface area contributed by atoms with Crippen LogP contribution >= 0.6 is 34.7 Å². The molecule has 1 unspecified atom stereocenters. The maximum Gasteiger partial charge on any atom is 0.271 e. The van der Waals surface area contributed by atoms with E-state index in [0.717, 1.165) is 11.4 Å². The van der Waals surface area contributed by atoms with Crippen molar-refractivity contribution in [2.75, 3.05) is 10.6 Å². The van der Waals surface area contributed by atoms with Gasteiger partial charge in [-0.05, 0) is 49.4 Å². The first kappa shape index (κ1) is 24.5. The van der Waals surface area contributed by atoms with E-state index >= 15 is 0 Å². The highest BCUT2D eigenvalue weighted by Crippen LogP contribution is 2.32. The number of amides is 1. The summed E-state index contributed by atoms with van der Waals surface area (Å²) in [4.78, 5) is 22.8. The molecule has 1 aromatic heterocycles. The van der Waals surface area contributed by atoms with Gasteiger partial charge in [0.25, 0.3) is 5.69 Å². The topological polar surface area (TPSA) is 119 Å². The van der Waals surface area contributed by atoms with Crippen molar-refractivity contribution in [3.8, 4) is 11.5 Å². The summed E-state index contributed by atoms with van der Waals surface area (Å²) in [6.07, 6.45) is 0. The van der Waals surface area contributed by atoms with Crippen LogP contribution in [-0.4, -0.2) is 26.3 Å². The number of para-hydroxylation sites is 1. The summed E-state index contributed by atoms with van der Waals surface area (Å²) in [6.45, 7) is 1.72. The van der Waals surface area contributed by atoms with Crippen LogP contribution in [-0.2, 0) is 4.79 Å². The molecule has 3 aromatic carbocycles. The van der Waals surface area contributed by atoms with Crippen LogP contribution in [0.1, 0.15) is 6.92 Å². The van der Waals surface area contributed by atoms with Crippen molar-refractivity contribution in [3.63, 3.8) is 0 Å². The van der Waals surface area contributed by atoms with Gasteiger partial charge in [-0.2, -0.15) is 0 Å². The number of thioether (sulfide) groups is 1. The molecular weight excluding hydrogens is 510 g/mol.